The third-order valence-corrected chi connectivity index (χ3v) is 5.19. The fourth-order valence-electron chi connectivity index (χ4n) is 3.17. The molecule has 0 bridgehead atoms. The first-order valence-electron chi connectivity index (χ1n) is 9.14. The largest absolute Gasteiger partial charge is 0.460 e. The monoisotopic (exact) mass is 415 g/mol. The lowest BCUT2D eigenvalue weighted by molar-refractivity contribution is -0.143. The molecule has 29 heavy (non-hydrogen) atoms. The number of nitrogens with one attached hydrogen (secondary N) is 2. The van der Waals surface area contributed by atoms with Crippen molar-refractivity contribution in [1.29, 1.82) is 0 Å². The Bertz CT molecular complexity index is 1030. The van der Waals surface area contributed by atoms with Crippen molar-refractivity contribution in [3.8, 4) is 0 Å². The van der Waals surface area contributed by atoms with Crippen molar-refractivity contribution in [1.82, 2.24) is 9.97 Å². The molecule has 1 aromatic heterocycles. The number of aromatic amines is 1. The van der Waals surface area contributed by atoms with Crippen LogP contribution in [0, 0.1) is 5.82 Å². The molecule has 2 aromatic rings. The molecule has 1 aromatic carbocycles. The number of carbonyl (C=O) groups excluding carboxylic acids is 1. The molecule has 1 atom stereocenters. The van der Waals surface area contributed by atoms with E-state index in [-0.39, 0.29) is 11.7 Å². The highest BCUT2D eigenvalue weighted by atomic mass is 32.2. The van der Waals surface area contributed by atoms with Crippen LogP contribution in [0.4, 0.5) is 10.2 Å². The molecule has 0 saturated heterocycles. The zero-order valence-electron chi connectivity index (χ0n) is 16.4. The molecule has 152 valence electrons. The van der Waals surface area contributed by atoms with Crippen LogP contribution in [0.3, 0.4) is 0 Å². The smallest absolute Gasteiger partial charge is 0.337 e. The molecule has 0 spiro atoms. The maximum atomic E-state index is 13.5. The number of esters is 1. The van der Waals surface area contributed by atoms with E-state index in [1.165, 1.54) is 23.9 Å². The van der Waals surface area contributed by atoms with Crippen LogP contribution < -0.4 is 10.9 Å². The molecule has 0 saturated carbocycles. The zero-order valence-corrected chi connectivity index (χ0v) is 17.2. The molecule has 2 heterocycles. The summed E-state index contributed by atoms with van der Waals surface area (Å²) in [5.74, 6) is -0.710. The molecule has 0 fully saturated rings. The van der Waals surface area contributed by atoms with Crippen molar-refractivity contribution in [2.75, 3.05) is 11.1 Å². The van der Waals surface area contributed by atoms with E-state index in [4.69, 9.17) is 4.74 Å². The van der Waals surface area contributed by atoms with Gasteiger partial charge in [0.05, 0.1) is 23.2 Å². The number of ether oxygens (including phenoxy) is 1. The Kier molecular flexibility index (Phi) is 6.22. The lowest BCUT2D eigenvalue weighted by Gasteiger charge is -2.29. The van der Waals surface area contributed by atoms with Gasteiger partial charge in [-0.15, -0.1) is 6.58 Å². The molecule has 2 N–H and O–H groups in total. The highest BCUT2D eigenvalue weighted by molar-refractivity contribution is 7.99. The summed E-state index contributed by atoms with van der Waals surface area (Å²) in [4.78, 5) is 33.1. The number of rotatable bonds is 6. The van der Waals surface area contributed by atoms with Crippen molar-refractivity contribution in [3.05, 3.63) is 75.5 Å². The number of hydrogen-bond donors (Lipinski definition) is 2. The number of anilines is 1. The van der Waals surface area contributed by atoms with E-state index >= 15 is 0 Å². The fraction of sp³-hybridized carbons (Fsp3) is 0.286. The topological polar surface area (TPSA) is 84.1 Å². The maximum absolute atomic E-state index is 13.5. The van der Waals surface area contributed by atoms with Gasteiger partial charge < -0.3 is 15.0 Å². The summed E-state index contributed by atoms with van der Waals surface area (Å²) in [5, 5.41) is 3.51. The second-order valence-electron chi connectivity index (χ2n) is 6.84. The van der Waals surface area contributed by atoms with Crippen molar-refractivity contribution in [3.63, 3.8) is 0 Å². The SMILES string of the molecule is C=CCSc1nc2c(c(=O)[nH]1)C(c1ccc(F)cc1)C(C(=O)OC(C)C)=C(C)N2. The molecule has 0 amide bonds. The summed E-state index contributed by atoms with van der Waals surface area (Å²) in [5.41, 5.74) is 1.36. The Hall–Kier alpha value is -2.87. The average Bonchev–Trinajstić information content (AvgIpc) is 2.65. The van der Waals surface area contributed by atoms with Crippen molar-refractivity contribution in [2.24, 2.45) is 0 Å². The summed E-state index contributed by atoms with van der Waals surface area (Å²) >= 11 is 1.34. The highest BCUT2D eigenvalue weighted by Crippen LogP contribution is 2.40. The highest BCUT2D eigenvalue weighted by Gasteiger charge is 2.36. The van der Waals surface area contributed by atoms with Crippen LogP contribution >= 0.6 is 11.8 Å². The number of carbonyl (C=O) groups is 1. The number of allylic oxidation sites excluding steroid dienone is 1. The van der Waals surface area contributed by atoms with E-state index < -0.39 is 17.7 Å². The van der Waals surface area contributed by atoms with E-state index in [1.54, 1.807) is 39.0 Å². The standard InChI is InChI=1S/C21H22FN3O3S/c1-5-10-29-21-24-18-17(19(26)25-21)16(13-6-8-14(22)9-7-13)15(12(4)23-18)20(27)28-11(2)3/h5-9,11,16H,1,10H2,2-4H3,(H2,23,24,25,26). The van der Waals surface area contributed by atoms with Gasteiger partial charge in [-0.1, -0.05) is 30.0 Å². The van der Waals surface area contributed by atoms with Crippen molar-refractivity contribution >= 4 is 23.5 Å². The number of fused-ring (bicyclic) bond motifs is 1. The number of halogens is 1. The summed E-state index contributed by atoms with van der Waals surface area (Å²) in [6, 6.07) is 5.72. The maximum Gasteiger partial charge on any atom is 0.337 e. The first-order valence-corrected chi connectivity index (χ1v) is 10.1. The van der Waals surface area contributed by atoms with Gasteiger partial charge in [0.2, 0.25) is 0 Å². The molecular weight excluding hydrogens is 393 g/mol. The minimum Gasteiger partial charge on any atom is -0.460 e. The van der Waals surface area contributed by atoms with Gasteiger partial charge in [0.1, 0.15) is 11.6 Å². The number of hydrogen-bond acceptors (Lipinski definition) is 6. The average molecular weight is 415 g/mol. The summed E-state index contributed by atoms with van der Waals surface area (Å²) in [7, 11) is 0. The Balaban J connectivity index is 2.18. The van der Waals surface area contributed by atoms with E-state index in [9.17, 15) is 14.0 Å². The van der Waals surface area contributed by atoms with Gasteiger partial charge in [-0.2, -0.15) is 0 Å². The lowest BCUT2D eigenvalue weighted by atomic mass is 9.82. The minimum absolute atomic E-state index is 0.292. The minimum atomic E-state index is -0.729. The molecule has 1 unspecified atom stereocenters. The van der Waals surface area contributed by atoms with Crippen molar-refractivity contribution in [2.45, 2.75) is 37.9 Å². The molecule has 1 aliphatic rings. The molecule has 8 heteroatoms. The van der Waals surface area contributed by atoms with E-state index in [0.29, 0.717) is 39.1 Å². The van der Waals surface area contributed by atoms with Crippen LogP contribution in [0.15, 0.2) is 58.1 Å². The second-order valence-corrected chi connectivity index (χ2v) is 7.84. The molecular formula is C21H22FN3O3S. The Labute approximate surface area is 172 Å². The van der Waals surface area contributed by atoms with Gasteiger partial charge in [-0.25, -0.2) is 14.2 Å². The molecule has 6 nitrogen and oxygen atoms in total. The van der Waals surface area contributed by atoms with Crippen LogP contribution in [0.25, 0.3) is 0 Å². The van der Waals surface area contributed by atoms with E-state index in [2.05, 4.69) is 21.9 Å². The zero-order chi connectivity index (χ0) is 21.1. The molecule has 1 aliphatic heterocycles. The van der Waals surface area contributed by atoms with Gasteiger partial charge >= 0.3 is 5.97 Å². The van der Waals surface area contributed by atoms with Crippen molar-refractivity contribution < 1.29 is 13.9 Å². The molecule has 3 rings (SSSR count). The van der Waals surface area contributed by atoms with Gasteiger partial charge in [0.25, 0.3) is 5.56 Å². The summed E-state index contributed by atoms with van der Waals surface area (Å²) < 4.78 is 18.9. The Morgan fingerprint density at radius 2 is 2.07 bits per heavy atom. The lowest BCUT2D eigenvalue weighted by Crippen LogP contribution is -2.31. The summed E-state index contributed by atoms with van der Waals surface area (Å²) in [6.07, 6.45) is 1.39. The van der Waals surface area contributed by atoms with E-state index in [1.807, 2.05) is 0 Å². The second kappa shape index (κ2) is 8.65. The predicted molar refractivity (Wildman–Crippen MR) is 112 cm³/mol. The van der Waals surface area contributed by atoms with Gasteiger partial charge in [-0.05, 0) is 38.5 Å². The first-order chi connectivity index (χ1) is 13.8. The number of H-pyrrole nitrogens is 1. The Morgan fingerprint density at radius 1 is 1.38 bits per heavy atom. The predicted octanol–water partition coefficient (Wildman–Crippen LogP) is 3.97. The third kappa shape index (κ3) is 4.42. The van der Waals surface area contributed by atoms with Crippen LogP contribution in [0.5, 0.6) is 0 Å². The molecule has 0 aliphatic carbocycles. The number of nitrogens with zero attached hydrogens (tertiary/aromatic N) is 1. The van der Waals surface area contributed by atoms with Crippen LogP contribution in [0.2, 0.25) is 0 Å². The van der Waals surface area contributed by atoms with Gasteiger partial charge in [0, 0.05) is 11.4 Å². The molecule has 0 radical (unpaired) electrons. The number of benzene rings is 1. The van der Waals surface area contributed by atoms with Gasteiger partial charge in [-0.3, -0.25) is 4.79 Å². The van der Waals surface area contributed by atoms with Crippen LogP contribution in [0.1, 0.15) is 37.8 Å². The first kappa shape index (κ1) is 20.9. The number of aromatic nitrogens is 2. The third-order valence-electron chi connectivity index (χ3n) is 4.32. The van der Waals surface area contributed by atoms with Gasteiger partial charge in [0.15, 0.2) is 5.16 Å². The Morgan fingerprint density at radius 3 is 2.69 bits per heavy atom. The quantitative estimate of drug-likeness (QED) is 0.321. The van der Waals surface area contributed by atoms with Crippen LogP contribution in [-0.4, -0.2) is 27.8 Å². The normalized spacial score (nSPS) is 15.7. The van der Waals surface area contributed by atoms with E-state index in [0.717, 1.165) is 0 Å². The summed E-state index contributed by atoms with van der Waals surface area (Å²) in [6.45, 7) is 8.90. The number of thioether (sulfide) groups is 1. The van der Waals surface area contributed by atoms with Crippen LogP contribution in [-0.2, 0) is 9.53 Å². The fourth-order valence-corrected chi connectivity index (χ4v) is 3.77.